The van der Waals surface area contributed by atoms with Gasteiger partial charge in [0.25, 0.3) is 5.91 Å². The molecule has 0 saturated carbocycles. The van der Waals surface area contributed by atoms with E-state index in [1.165, 1.54) is 19.3 Å². The fourth-order valence-electron chi connectivity index (χ4n) is 1.75. The summed E-state index contributed by atoms with van der Waals surface area (Å²) in [5.41, 5.74) is -0.239. The van der Waals surface area contributed by atoms with Gasteiger partial charge in [0.1, 0.15) is 0 Å². The number of carbonyl (C=O) groups excluding carboxylic acids is 2. The maximum atomic E-state index is 13.3. The molecule has 1 amide bonds. The summed E-state index contributed by atoms with van der Waals surface area (Å²) in [6.07, 6.45) is 1.38. The first-order valence-electron chi connectivity index (χ1n) is 7.02. The molecule has 1 N–H and O–H groups in total. The van der Waals surface area contributed by atoms with Crippen LogP contribution < -0.4 is 5.32 Å². The molecule has 2 rings (SSSR count). The molecular formula is C15H13FN4O5. The van der Waals surface area contributed by atoms with Crippen molar-refractivity contribution in [2.24, 2.45) is 0 Å². The van der Waals surface area contributed by atoms with E-state index in [2.05, 4.69) is 15.3 Å². The SMILES string of the molecule is Cc1cnc(C(=O)O[C@@H](C)C(=O)Nc2ccc(F)c([N+](=O)[O-])c2)cn1. The van der Waals surface area contributed by atoms with Crippen molar-refractivity contribution in [3.8, 4) is 0 Å². The highest BCUT2D eigenvalue weighted by molar-refractivity contribution is 5.96. The maximum absolute atomic E-state index is 13.3. The molecule has 0 radical (unpaired) electrons. The number of amides is 1. The first kappa shape index (κ1) is 17.9. The van der Waals surface area contributed by atoms with Crippen LogP contribution in [0.4, 0.5) is 15.8 Å². The van der Waals surface area contributed by atoms with Gasteiger partial charge in [0.2, 0.25) is 5.82 Å². The standard InChI is InChI=1S/C15H13FN4O5/c1-8-6-18-12(7-17-8)15(22)25-9(2)14(21)19-10-3-4-11(16)13(5-10)20(23)24/h3-7,9H,1-2H3,(H,19,21)/t9-/m0/s1. The number of nitrogens with one attached hydrogen (secondary N) is 1. The summed E-state index contributed by atoms with van der Waals surface area (Å²) in [4.78, 5) is 41.4. The van der Waals surface area contributed by atoms with Gasteiger partial charge in [-0.15, -0.1) is 0 Å². The number of hydrogen-bond donors (Lipinski definition) is 1. The molecule has 10 heteroatoms. The minimum atomic E-state index is -1.21. The lowest BCUT2D eigenvalue weighted by Gasteiger charge is -2.13. The van der Waals surface area contributed by atoms with Gasteiger partial charge in [0, 0.05) is 18.0 Å². The van der Waals surface area contributed by atoms with E-state index in [1.54, 1.807) is 6.92 Å². The van der Waals surface area contributed by atoms with Gasteiger partial charge in [-0.2, -0.15) is 4.39 Å². The zero-order valence-electron chi connectivity index (χ0n) is 13.2. The second-order valence-corrected chi connectivity index (χ2v) is 5.00. The summed E-state index contributed by atoms with van der Waals surface area (Å²) < 4.78 is 18.2. The number of aromatic nitrogens is 2. The molecule has 9 nitrogen and oxygen atoms in total. The third kappa shape index (κ3) is 4.53. The molecule has 1 aromatic heterocycles. The van der Waals surface area contributed by atoms with E-state index < -0.39 is 34.4 Å². The summed E-state index contributed by atoms with van der Waals surface area (Å²) in [6.45, 7) is 3.01. The van der Waals surface area contributed by atoms with E-state index in [0.29, 0.717) is 5.69 Å². The summed E-state index contributed by atoms with van der Waals surface area (Å²) >= 11 is 0. The number of benzene rings is 1. The molecule has 0 bridgehead atoms. The number of carbonyl (C=O) groups is 2. The molecule has 25 heavy (non-hydrogen) atoms. The van der Waals surface area contributed by atoms with E-state index in [-0.39, 0.29) is 11.4 Å². The Balaban J connectivity index is 2.03. The van der Waals surface area contributed by atoms with Gasteiger partial charge in [-0.25, -0.2) is 9.78 Å². The van der Waals surface area contributed by atoms with Crippen molar-refractivity contribution in [1.82, 2.24) is 9.97 Å². The molecule has 0 aliphatic carbocycles. The normalized spacial score (nSPS) is 11.5. The molecule has 0 fully saturated rings. The van der Waals surface area contributed by atoms with Crippen LogP contribution in [0.2, 0.25) is 0 Å². The Bertz CT molecular complexity index is 825. The molecule has 0 unspecified atom stereocenters. The predicted molar refractivity (Wildman–Crippen MR) is 83.3 cm³/mol. The van der Waals surface area contributed by atoms with Gasteiger partial charge in [-0.05, 0) is 26.0 Å². The van der Waals surface area contributed by atoms with E-state index in [0.717, 1.165) is 18.2 Å². The fourth-order valence-corrected chi connectivity index (χ4v) is 1.75. The van der Waals surface area contributed by atoms with Gasteiger partial charge in [-0.1, -0.05) is 0 Å². The number of nitro benzene ring substituents is 1. The minimum Gasteiger partial charge on any atom is -0.448 e. The van der Waals surface area contributed by atoms with Crippen molar-refractivity contribution >= 4 is 23.3 Å². The molecule has 0 aliphatic heterocycles. The van der Waals surface area contributed by atoms with E-state index in [4.69, 9.17) is 4.74 Å². The average Bonchev–Trinajstić information content (AvgIpc) is 2.56. The van der Waals surface area contributed by atoms with Crippen molar-refractivity contribution < 1.29 is 23.6 Å². The summed E-state index contributed by atoms with van der Waals surface area (Å²) in [5, 5.41) is 13.0. The van der Waals surface area contributed by atoms with Gasteiger partial charge in [0.15, 0.2) is 11.8 Å². The van der Waals surface area contributed by atoms with Crippen LogP contribution in [0, 0.1) is 22.9 Å². The fraction of sp³-hybridized carbons (Fsp3) is 0.200. The Hall–Kier alpha value is -3.43. The Kier molecular flexibility index (Phi) is 5.32. The third-order valence-electron chi connectivity index (χ3n) is 3.05. The quantitative estimate of drug-likeness (QED) is 0.498. The van der Waals surface area contributed by atoms with Crippen LogP contribution in [0.3, 0.4) is 0 Å². The highest BCUT2D eigenvalue weighted by Crippen LogP contribution is 2.21. The third-order valence-corrected chi connectivity index (χ3v) is 3.05. The molecule has 0 spiro atoms. The number of anilines is 1. The van der Waals surface area contributed by atoms with Crippen LogP contribution >= 0.6 is 0 Å². The van der Waals surface area contributed by atoms with Crippen molar-refractivity contribution in [1.29, 1.82) is 0 Å². The van der Waals surface area contributed by atoms with Crippen molar-refractivity contribution in [3.63, 3.8) is 0 Å². The number of hydrogen-bond acceptors (Lipinski definition) is 7. The average molecular weight is 348 g/mol. The minimum absolute atomic E-state index is 0.00359. The predicted octanol–water partition coefficient (Wildman–Crippen LogP) is 2.02. The highest BCUT2D eigenvalue weighted by Gasteiger charge is 2.21. The van der Waals surface area contributed by atoms with Crippen LogP contribution in [-0.2, 0) is 9.53 Å². The summed E-state index contributed by atoms with van der Waals surface area (Å²) in [7, 11) is 0. The lowest BCUT2D eigenvalue weighted by molar-refractivity contribution is -0.387. The largest absolute Gasteiger partial charge is 0.448 e. The zero-order chi connectivity index (χ0) is 18.6. The number of aryl methyl sites for hydroxylation is 1. The monoisotopic (exact) mass is 348 g/mol. The molecule has 130 valence electrons. The van der Waals surface area contributed by atoms with Crippen molar-refractivity contribution in [3.05, 3.63) is 57.9 Å². The Morgan fingerprint density at radius 1 is 1.32 bits per heavy atom. The molecular weight excluding hydrogens is 335 g/mol. The van der Waals surface area contributed by atoms with Crippen molar-refractivity contribution in [2.45, 2.75) is 20.0 Å². The Morgan fingerprint density at radius 3 is 2.64 bits per heavy atom. The molecule has 2 aromatic rings. The lowest BCUT2D eigenvalue weighted by atomic mass is 10.2. The van der Waals surface area contributed by atoms with Crippen LogP contribution in [0.25, 0.3) is 0 Å². The van der Waals surface area contributed by atoms with Crippen LogP contribution in [0.1, 0.15) is 23.1 Å². The zero-order valence-corrected chi connectivity index (χ0v) is 13.2. The number of rotatable bonds is 5. The van der Waals surface area contributed by atoms with Crippen LogP contribution in [0.5, 0.6) is 0 Å². The number of nitrogens with zero attached hydrogens (tertiary/aromatic N) is 3. The second-order valence-electron chi connectivity index (χ2n) is 5.00. The number of halogens is 1. The van der Waals surface area contributed by atoms with Gasteiger partial charge in [0.05, 0.1) is 16.8 Å². The number of ether oxygens (including phenoxy) is 1. The first-order valence-corrected chi connectivity index (χ1v) is 7.02. The Morgan fingerprint density at radius 2 is 2.04 bits per heavy atom. The van der Waals surface area contributed by atoms with Gasteiger partial charge in [-0.3, -0.25) is 19.9 Å². The van der Waals surface area contributed by atoms with E-state index in [9.17, 15) is 24.1 Å². The molecule has 0 aliphatic rings. The van der Waals surface area contributed by atoms with E-state index >= 15 is 0 Å². The second kappa shape index (κ2) is 7.43. The highest BCUT2D eigenvalue weighted by atomic mass is 19.1. The molecule has 0 saturated heterocycles. The summed E-state index contributed by atoms with van der Waals surface area (Å²) in [5.74, 6) is -2.62. The molecule has 1 aromatic carbocycles. The van der Waals surface area contributed by atoms with Crippen LogP contribution in [-0.4, -0.2) is 32.9 Å². The first-order chi connectivity index (χ1) is 11.8. The smallest absolute Gasteiger partial charge is 0.359 e. The topological polar surface area (TPSA) is 124 Å². The lowest BCUT2D eigenvalue weighted by Crippen LogP contribution is -2.30. The maximum Gasteiger partial charge on any atom is 0.359 e. The van der Waals surface area contributed by atoms with Gasteiger partial charge >= 0.3 is 11.7 Å². The Labute approximate surface area is 141 Å². The molecule has 1 atom stereocenters. The number of nitro groups is 1. The number of esters is 1. The summed E-state index contributed by atoms with van der Waals surface area (Å²) in [6, 6.07) is 2.87. The van der Waals surface area contributed by atoms with Gasteiger partial charge < -0.3 is 10.1 Å². The van der Waals surface area contributed by atoms with Crippen molar-refractivity contribution in [2.75, 3.05) is 5.32 Å². The molecule has 1 heterocycles. The van der Waals surface area contributed by atoms with Crippen LogP contribution in [0.15, 0.2) is 30.6 Å². The van der Waals surface area contributed by atoms with E-state index in [1.807, 2.05) is 0 Å².